The van der Waals surface area contributed by atoms with Gasteiger partial charge in [-0.2, -0.15) is 0 Å². The van der Waals surface area contributed by atoms with Crippen LogP contribution in [0.5, 0.6) is 0 Å². The molecule has 1 saturated heterocycles. The van der Waals surface area contributed by atoms with Crippen LogP contribution in [0.1, 0.15) is 5.56 Å². The zero-order valence-electron chi connectivity index (χ0n) is 8.49. The summed E-state index contributed by atoms with van der Waals surface area (Å²) >= 11 is 0. The molecule has 2 nitrogen and oxygen atoms in total. The second-order valence-corrected chi connectivity index (χ2v) is 4.68. The van der Waals surface area contributed by atoms with E-state index in [-0.39, 0.29) is 0 Å². The molecule has 0 saturated carbocycles. The summed E-state index contributed by atoms with van der Waals surface area (Å²) in [6, 6.07) is 8.56. The van der Waals surface area contributed by atoms with Crippen LogP contribution in [-0.4, -0.2) is 26.3 Å². The van der Waals surface area contributed by atoms with Crippen molar-refractivity contribution >= 4 is 27.3 Å². The van der Waals surface area contributed by atoms with E-state index in [1.165, 1.54) is 22.2 Å². The van der Waals surface area contributed by atoms with Crippen molar-refractivity contribution in [3.8, 4) is 0 Å². The largest absolute Gasteiger partial charge is 0.378 e. The highest BCUT2D eigenvalue weighted by molar-refractivity contribution is 8.20. The highest BCUT2D eigenvalue weighted by Crippen LogP contribution is 2.21. The molecule has 1 aliphatic rings. The van der Waals surface area contributed by atoms with Gasteiger partial charge >= 0.3 is 0 Å². The van der Waals surface area contributed by atoms with E-state index >= 15 is 0 Å². The van der Waals surface area contributed by atoms with Crippen molar-refractivity contribution in [2.45, 2.75) is 5.75 Å². The number of hydrogen-bond acceptors (Lipinski definition) is 3. The maximum absolute atomic E-state index is 5.66. The van der Waals surface area contributed by atoms with Crippen LogP contribution in [0.4, 0.5) is 5.69 Å². The van der Waals surface area contributed by atoms with Crippen molar-refractivity contribution in [3.63, 3.8) is 0 Å². The molecule has 0 radical (unpaired) electrons. The quantitative estimate of drug-likeness (QED) is 0.810. The second kappa shape index (κ2) is 5.64. The van der Waals surface area contributed by atoms with E-state index in [9.17, 15) is 0 Å². The van der Waals surface area contributed by atoms with Gasteiger partial charge in [0.05, 0.1) is 13.2 Å². The molecule has 0 atom stereocenters. The Labute approximate surface area is 99.1 Å². The molecule has 1 aromatic rings. The van der Waals surface area contributed by atoms with Gasteiger partial charge < -0.3 is 9.64 Å². The van der Waals surface area contributed by atoms with E-state index in [2.05, 4.69) is 29.2 Å². The van der Waals surface area contributed by atoms with Gasteiger partial charge in [-0.05, 0) is 28.4 Å². The third-order valence-electron chi connectivity index (χ3n) is 2.51. The normalized spacial score (nSPS) is 16.7. The van der Waals surface area contributed by atoms with Crippen molar-refractivity contribution in [1.29, 1.82) is 0 Å². The van der Waals surface area contributed by atoms with Gasteiger partial charge in [0, 0.05) is 24.5 Å². The highest BCUT2D eigenvalue weighted by atomic mass is 35.7. The maximum Gasteiger partial charge on any atom is 0.0642 e. The predicted octanol–water partition coefficient (Wildman–Crippen LogP) is 2.91. The molecule has 0 N–H and O–H groups in total. The van der Waals surface area contributed by atoms with Crippen LogP contribution in [-0.2, 0) is 10.5 Å². The topological polar surface area (TPSA) is 12.5 Å². The molecule has 0 unspecified atom stereocenters. The minimum absolute atomic E-state index is 0.828. The number of halogens is 1. The Balaban J connectivity index is 2.09. The first kappa shape index (κ1) is 11.1. The van der Waals surface area contributed by atoms with Crippen LogP contribution in [0.15, 0.2) is 24.3 Å². The van der Waals surface area contributed by atoms with E-state index in [0.717, 1.165) is 32.1 Å². The first-order chi connectivity index (χ1) is 7.40. The summed E-state index contributed by atoms with van der Waals surface area (Å²) in [5.41, 5.74) is 2.56. The second-order valence-electron chi connectivity index (χ2n) is 3.52. The van der Waals surface area contributed by atoms with Crippen LogP contribution >= 0.6 is 21.7 Å². The molecule has 0 spiro atoms. The van der Waals surface area contributed by atoms with Crippen LogP contribution in [0.2, 0.25) is 0 Å². The van der Waals surface area contributed by atoms with Gasteiger partial charge in [-0.15, -0.1) is 0 Å². The lowest BCUT2D eigenvalue weighted by molar-refractivity contribution is 0.122. The van der Waals surface area contributed by atoms with Gasteiger partial charge in [-0.1, -0.05) is 23.1 Å². The molecule has 4 heteroatoms. The first-order valence-corrected chi connectivity index (χ1v) is 6.86. The SMILES string of the molecule is ClSCc1cccc(N2CCOCC2)c1. The molecular weight excluding hydrogens is 230 g/mol. The van der Waals surface area contributed by atoms with Gasteiger partial charge in [-0.25, -0.2) is 0 Å². The van der Waals surface area contributed by atoms with Crippen molar-refractivity contribution in [3.05, 3.63) is 29.8 Å². The van der Waals surface area contributed by atoms with E-state index in [0.29, 0.717) is 0 Å². The predicted molar refractivity (Wildman–Crippen MR) is 66.6 cm³/mol. The number of rotatable bonds is 3. The Morgan fingerprint density at radius 2 is 2.13 bits per heavy atom. The summed E-state index contributed by atoms with van der Waals surface area (Å²) < 4.78 is 5.33. The zero-order chi connectivity index (χ0) is 10.5. The summed E-state index contributed by atoms with van der Waals surface area (Å²) in [7, 11) is 7.00. The standard InChI is InChI=1S/C11H14ClNOS/c12-15-9-10-2-1-3-11(8-10)13-4-6-14-7-5-13/h1-3,8H,4-7,9H2. The molecule has 1 fully saturated rings. The van der Waals surface area contributed by atoms with Gasteiger partial charge in [0.2, 0.25) is 0 Å². The minimum Gasteiger partial charge on any atom is -0.378 e. The fraction of sp³-hybridized carbons (Fsp3) is 0.455. The lowest BCUT2D eigenvalue weighted by Crippen LogP contribution is -2.36. The number of ether oxygens (including phenoxy) is 1. The van der Waals surface area contributed by atoms with E-state index in [1.54, 1.807) is 0 Å². The summed E-state index contributed by atoms with van der Waals surface area (Å²) in [6.45, 7) is 3.62. The van der Waals surface area contributed by atoms with Gasteiger partial charge in [-0.3, -0.25) is 0 Å². The van der Waals surface area contributed by atoms with Crippen molar-refractivity contribution in [1.82, 2.24) is 0 Å². The number of hydrogen-bond donors (Lipinski definition) is 0. The summed E-state index contributed by atoms with van der Waals surface area (Å²) in [5.74, 6) is 0.861. The van der Waals surface area contributed by atoms with E-state index < -0.39 is 0 Å². The highest BCUT2D eigenvalue weighted by Gasteiger charge is 2.10. The molecule has 0 amide bonds. The molecule has 0 bridgehead atoms. The summed E-state index contributed by atoms with van der Waals surface area (Å²) in [6.07, 6.45) is 0. The Hall–Kier alpha value is -0.380. The monoisotopic (exact) mass is 243 g/mol. The molecule has 82 valence electrons. The van der Waals surface area contributed by atoms with Gasteiger partial charge in [0.25, 0.3) is 0 Å². The molecule has 0 aromatic heterocycles. The van der Waals surface area contributed by atoms with Crippen molar-refractivity contribution in [2.75, 3.05) is 31.2 Å². The smallest absolute Gasteiger partial charge is 0.0642 e. The molecule has 2 rings (SSSR count). The van der Waals surface area contributed by atoms with Crippen LogP contribution in [0.3, 0.4) is 0 Å². The van der Waals surface area contributed by atoms with Gasteiger partial charge in [0.15, 0.2) is 0 Å². The molecular formula is C11H14ClNOS. The van der Waals surface area contributed by atoms with Crippen molar-refractivity contribution in [2.24, 2.45) is 0 Å². The van der Waals surface area contributed by atoms with Crippen LogP contribution in [0, 0.1) is 0 Å². The number of morpholine rings is 1. The lowest BCUT2D eigenvalue weighted by atomic mass is 10.2. The van der Waals surface area contributed by atoms with Crippen LogP contribution in [0.25, 0.3) is 0 Å². The average Bonchev–Trinajstić information content (AvgIpc) is 2.31. The number of benzene rings is 1. The average molecular weight is 244 g/mol. The molecule has 1 aromatic carbocycles. The Bertz CT molecular complexity index is 315. The molecule has 0 aliphatic carbocycles. The number of anilines is 1. The third kappa shape index (κ3) is 3.03. The molecule has 1 aliphatic heterocycles. The molecule has 1 heterocycles. The van der Waals surface area contributed by atoms with E-state index in [4.69, 9.17) is 15.4 Å². The lowest BCUT2D eigenvalue weighted by Gasteiger charge is -2.29. The minimum atomic E-state index is 0.828. The van der Waals surface area contributed by atoms with E-state index in [1.807, 2.05) is 0 Å². The molecule has 15 heavy (non-hydrogen) atoms. The Kier molecular flexibility index (Phi) is 4.18. The van der Waals surface area contributed by atoms with Gasteiger partial charge in [0.1, 0.15) is 0 Å². The number of nitrogens with zero attached hydrogens (tertiary/aromatic N) is 1. The van der Waals surface area contributed by atoms with Crippen LogP contribution < -0.4 is 4.90 Å². The zero-order valence-corrected chi connectivity index (χ0v) is 10.1. The summed E-state index contributed by atoms with van der Waals surface area (Å²) in [5, 5.41) is 0. The Morgan fingerprint density at radius 1 is 1.33 bits per heavy atom. The third-order valence-corrected chi connectivity index (χ3v) is 3.28. The maximum atomic E-state index is 5.66. The fourth-order valence-electron chi connectivity index (χ4n) is 1.73. The van der Waals surface area contributed by atoms with Crippen molar-refractivity contribution < 1.29 is 4.74 Å². The fourth-order valence-corrected chi connectivity index (χ4v) is 2.41. The first-order valence-electron chi connectivity index (χ1n) is 5.05. The Morgan fingerprint density at radius 3 is 2.87 bits per heavy atom. The summed E-state index contributed by atoms with van der Waals surface area (Å²) in [4.78, 5) is 2.35.